The summed E-state index contributed by atoms with van der Waals surface area (Å²) in [4.78, 5) is 15.3. The van der Waals surface area contributed by atoms with Crippen molar-refractivity contribution in [1.82, 2.24) is 15.1 Å². The van der Waals surface area contributed by atoms with Crippen LogP contribution in [0.25, 0.3) is 0 Å². The summed E-state index contributed by atoms with van der Waals surface area (Å²) in [5.74, 6) is -3.50. The molecule has 0 bridgehead atoms. The third-order valence-electron chi connectivity index (χ3n) is 6.01. The fourth-order valence-corrected chi connectivity index (χ4v) is 5.17. The predicted octanol–water partition coefficient (Wildman–Crippen LogP) is 7.97. The Bertz CT molecular complexity index is 1060. The van der Waals surface area contributed by atoms with Gasteiger partial charge in [0.1, 0.15) is 11.4 Å². The molecule has 1 amide bonds. The lowest BCUT2D eigenvalue weighted by Crippen LogP contribution is -2.38. The summed E-state index contributed by atoms with van der Waals surface area (Å²) in [6, 6.07) is 1.17. The van der Waals surface area contributed by atoms with Crippen molar-refractivity contribution in [2.24, 2.45) is 7.05 Å². The number of alkyl halides is 2. The van der Waals surface area contributed by atoms with Gasteiger partial charge in [-0.05, 0) is 58.1 Å². The molecule has 0 spiro atoms. The van der Waals surface area contributed by atoms with Crippen molar-refractivity contribution in [2.45, 2.75) is 85.1 Å². The quantitative estimate of drug-likeness (QED) is 0.294. The maximum atomic E-state index is 13.7. The lowest BCUT2D eigenvalue weighted by Gasteiger charge is -2.23. The second kappa shape index (κ2) is 12.0. The molecule has 1 saturated carbocycles. The number of nitrogens with one attached hydrogen (secondary N) is 1. The molecule has 0 aliphatic heterocycles. The lowest BCUT2D eigenvalue weighted by molar-refractivity contribution is 0.0122. The standard InChI is InChI=1S/C28H39F2N3OS/c1-9-13-20(11-3)17-21(14-10-2)25(19(5)6)35-24(12-4)28(15-16-28)31-26(34)22-18-23(27(7,29)30)32-33(22)8/h10,12,14,17-18H,2,9,11,13,15-16H2,1,3-8H3,(H,31,34)/b20-17-,21-14+,24-12-. The van der Waals surface area contributed by atoms with Gasteiger partial charge in [-0.25, -0.2) is 0 Å². The van der Waals surface area contributed by atoms with Crippen LogP contribution in [0.1, 0.15) is 89.8 Å². The molecule has 35 heavy (non-hydrogen) atoms. The van der Waals surface area contributed by atoms with Gasteiger partial charge in [0.05, 0.1) is 5.54 Å². The number of thioether (sulfide) groups is 1. The average molecular weight is 504 g/mol. The molecule has 1 aliphatic carbocycles. The van der Waals surface area contributed by atoms with Gasteiger partial charge in [0.2, 0.25) is 0 Å². The number of allylic oxidation sites excluding steroid dienone is 7. The van der Waals surface area contributed by atoms with Gasteiger partial charge in [0.15, 0.2) is 0 Å². The van der Waals surface area contributed by atoms with Crippen LogP contribution in [0.4, 0.5) is 8.78 Å². The molecule has 1 aromatic heterocycles. The Hall–Kier alpha value is -2.41. The van der Waals surface area contributed by atoms with E-state index in [1.807, 2.05) is 25.2 Å². The van der Waals surface area contributed by atoms with Crippen LogP contribution in [0.15, 0.2) is 63.5 Å². The highest BCUT2D eigenvalue weighted by Gasteiger charge is 2.48. The highest BCUT2D eigenvalue weighted by atomic mass is 32.2. The van der Waals surface area contributed by atoms with Crippen LogP contribution in [0.5, 0.6) is 0 Å². The van der Waals surface area contributed by atoms with Gasteiger partial charge in [0.25, 0.3) is 11.8 Å². The van der Waals surface area contributed by atoms with E-state index in [9.17, 15) is 13.6 Å². The van der Waals surface area contributed by atoms with Gasteiger partial charge in [0, 0.05) is 23.8 Å². The second-order valence-corrected chi connectivity index (χ2v) is 10.4. The van der Waals surface area contributed by atoms with E-state index in [0.29, 0.717) is 0 Å². The largest absolute Gasteiger partial charge is 0.341 e. The maximum Gasteiger partial charge on any atom is 0.288 e. The molecule has 1 heterocycles. The van der Waals surface area contributed by atoms with Crippen molar-refractivity contribution in [3.05, 3.63) is 74.9 Å². The SMILES string of the molecule is C=C/C=C(\C=C(\CC)CCC)C(S/C(=C\C)C1(NC(=O)c2cc(C(C)(F)F)nn2C)CC1)=C(C)C. The van der Waals surface area contributed by atoms with E-state index >= 15 is 0 Å². The topological polar surface area (TPSA) is 46.9 Å². The first kappa shape index (κ1) is 28.8. The number of hydrogen-bond donors (Lipinski definition) is 1. The summed E-state index contributed by atoms with van der Waals surface area (Å²) < 4.78 is 28.7. The molecule has 1 aliphatic rings. The number of hydrogen-bond acceptors (Lipinski definition) is 3. The molecule has 0 saturated heterocycles. The molecule has 1 fully saturated rings. The van der Waals surface area contributed by atoms with Crippen LogP contribution in [0, 0.1) is 0 Å². The molecule has 7 heteroatoms. The number of aromatic nitrogens is 2. The molecule has 1 N–H and O–H groups in total. The van der Waals surface area contributed by atoms with Crippen molar-refractivity contribution < 1.29 is 13.6 Å². The fraction of sp³-hybridized carbons (Fsp3) is 0.500. The van der Waals surface area contributed by atoms with Crippen LogP contribution in [0.2, 0.25) is 0 Å². The summed E-state index contributed by atoms with van der Waals surface area (Å²) in [5, 5.41) is 6.96. The van der Waals surface area contributed by atoms with E-state index in [2.05, 4.69) is 50.8 Å². The van der Waals surface area contributed by atoms with Gasteiger partial charge >= 0.3 is 0 Å². The summed E-state index contributed by atoms with van der Waals surface area (Å²) >= 11 is 1.66. The number of amides is 1. The van der Waals surface area contributed by atoms with Gasteiger partial charge in [-0.15, -0.1) is 0 Å². The zero-order chi connectivity index (χ0) is 26.4. The van der Waals surface area contributed by atoms with Crippen molar-refractivity contribution in [3.8, 4) is 0 Å². The van der Waals surface area contributed by atoms with E-state index in [-0.39, 0.29) is 5.69 Å². The second-order valence-electron chi connectivity index (χ2n) is 9.31. The zero-order valence-electron chi connectivity index (χ0n) is 22.1. The minimum atomic E-state index is -3.10. The summed E-state index contributed by atoms with van der Waals surface area (Å²) in [6.07, 6.45) is 12.9. The van der Waals surface area contributed by atoms with Gasteiger partial charge in [-0.2, -0.15) is 13.9 Å². The van der Waals surface area contributed by atoms with E-state index in [0.717, 1.165) is 54.4 Å². The molecular weight excluding hydrogens is 464 g/mol. The molecule has 0 aromatic carbocycles. The Kier molecular flexibility index (Phi) is 9.90. The Morgan fingerprint density at radius 2 is 2.00 bits per heavy atom. The third-order valence-corrected chi connectivity index (χ3v) is 7.70. The number of carbonyl (C=O) groups excluding carboxylic acids is 1. The molecule has 192 valence electrons. The first-order valence-electron chi connectivity index (χ1n) is 12.2. The lowest BCUT2D eigenvalue weighted by atomic mass is 10.0. The van der Waals surface area contributed by atoms with Crippen LogP contribution in [0.3, 0.4) is 0 Å². The molecule has 0 atom stereocenters. The minimum Gasteiger partial charge on any atom is -0.341 e. The fourth-order valence-electron chi connectivity index (χ4n) is 3.93. The molecule has 1 aromatic rings. The van der Waals surface area contributed by atoms with Gasteiger partial charge in [-0.3, -0.25) is 9.48 Å². The van der Waals surface area contributed by atoms with Gasteiger partial charge in [-0.1, -0.05) is 74.1 Å². The number of aryl methyl sites for hydroxylation is 1. The maximum absolute atomic E-state index is 13.7. The monoisotopic (exact) mass is 503 g/mol. The molecule has 2 rings (SSSR count). The molecule has 4 nitrogen and oxygen atoms in total. The van der Waals surface area contributed by atoms with Crippen LogP contribution >= 0.6 is 11.8 Å². The minimum absolute atomic E-state index is 0.123. The van der Waals surface area contributed by atoms with Gasteiger partial charge < -0.3 is 5.32 Å². The number of rotatable bonds is 12. The summed E-state index contributed by atoms with van der Waals surface area (Å²) in [6.45, 7) is 15.2. The highest BCUT2D eigenvalue weighted by molar-refractivity contribution is 8.07. The first-order valence-corrected chi connectivity index (χ1v) is 13.0. The Balaban J connectivity index is 2.33. The summed E-state index contributed by atoms with van der Waals surface area (Å²) in [5.41, 5.74) is 2.88. The molecule has 0 unspecified atom stereocenters. The molecular formula is C28H39F2N3OS. The van der Waals surface area contributed by atoms with E-state index < -0.39 is 23.1 Å². The predicted molar refractivity (Wildman–Crippen MR) is 143 cm³/mol. The zero-order valence-corrected chi connectivity index (χ0v) is 22.9. The Labute approximate surface area is 213 Å². The van der Waals surface area contributed by atoms with Crippen molar-refractivity contribution in [1.29, 1.82) is 0 Å². The van der Waals surface area contributed by atoms with Crippen molar-refractivity contribution >= 4 is 17.7 Å². The number of carbonyl (C=O) groups is 1. The van der Waals surface area contributed by atoms with Crippen molar-refractivity contribution in [2.75, 3.05) is 0 Å². The van der Waals surface area contributed by atoms with E-state index in [4.69, 9.17) is 0 Å². The number of halogens is 2. The average Bonchev–Trinajstić information content (AvgIpc) is 3.43. The first-order chi connectivity index (χ1) is 16.4. The van der Waals surface area contributed by atoms with E-state index in [1.54, 1.807) is 11.8 Å². The normalized spacial score (nSPS) is 16.2. The van der Waals surface area contributed by atoms with Crippen LogP contribution < -0.4 is 5.32 Å². The number of nitrogens with zero attached hydrogens (tertiary/aromatic N) is 2. The highest BCUT2D eigenvalue weighted by Crippen LogP contribution is 2.51. The van der Waals surface area contributed by atoms with Crippen molar-refractivity contribution in [3.63, 3.8) is 0 Å². The summed E-state index contributed by atoms with van der Waals surface area (Å²) in [7, 11) is 1.51. The smallest absolute Gasteiger partial charge is 0.288 e. The molecule has 0 radical (unpaired) electrons. The Morgan fingerprint density at radius 1 is 1.34 bits per heavy atom. The Morgan fingerprint density at radius 3 is 2.43 bits per heavy atom. The van der Waals surface area contributed by atoms with Crippen LogP contribution in [-0.4, -0.2) is 21.2 Å². The van der Waals surface area contributed by atoms with E-state index in [1.165, 1.54) is 28.9 Å². The van der Waals surface area contributed by atoms with Crippen LogP contribution in [-0.2, 0) is 13.0 Å². The third kappa shape index (κ3) is 7.29.